The minimum absolute atomic E-state index is 0.214. The van der Waals surface area contributed by atoms with Gasteiger partial charge in [-0.05, 0) is 44.2 Å². The lowest BCUT2D eigenvalue weighted by Crippen LogP contribution is -2.46. The molecule has 1 aliphatic rings. The Kier molecular flexibility index (Phi) is 5.73. The zero-order valence-electron chi connectivity index (χ0n) is 13.0. The van der Waals surface area contributed by atoms with Gasteiger partial charge >= 0.3 is 11.9 Å². The smallest absolute Gasteiger partial charge is 0.328 e. The summed E-state index contributed by atoms with van der Waals surface area (Å²) in [4.78, 5) is 35.6. The van der Waals surface area contributed by atoms with Crippen molar-refractivity contribution in [2.75, 3.05) is 6.61 Å². The van der Waals surface area contributed by atoms with Crippen LogP contribution in [0.2, 0.25) is 0 Å². The number of carbonyl (C=O) groups is 3. The average Bonchev–Trinajstić information content (AvgIpc) is 3.03. The highest BCUT2D eigenvalue weighted by Crippen LogP contribution is 2.33. The molecule has 0 bridgehead atoms. The number of rotatable bonds is 6. The second-order valence-corrected chi connectivity index (χ2v) is 5.68. The minimum Gasteiger partial charge on any atom is -0.481 e. The van der Waals surface area contributed by atoms with Crippen LogP contribution in [0.4, 0.5) is 0 Å². The monoisotopic (exact) mass is 319 g/mol. The molecule has 6 nitrogen and oxygen atoms in total. The van der Waals surface area contributed by atoms with E-state index >= 15 is 0 Å². The van der Waals surface area contributed by atoms with Crippen LogP contribution in [0.3, 0.4) is 0 Å². The third kappa shape index (κ3) is 4.31. The van der Waals surface area contributed by atoms with E-state index in [0.29, 0.717) is 24.8 Å². The summed E-state index contributed by atoms with van der Waals surface area (Å²) in [6.45, 7) is 1.91. The highest BCUT2D eigenvalue weighted by atomic mass is 16.5. The van der Waals surface area contributed by atoms with E-state index in [2.05, 4.69) is 5.32 Å². The maximum atomic E-state index is 12.3. The van der Waals surface area contributed by atoms with E-state index in [4.69, 9.17) is 9.84 Å². The number of hydrogen-bond acceptors (Lipinski definition) is 4. The van der Waals surface area contributed by atoms with Gasteiger partial charge in [-0.1, -0.05) is 18.2 Å². The van der Waals surface area contributed by atoms with Crippen LogP contribution < -0.4 is 5.32 Å². The topological polar surface area (TPSA) is 92.7 Å². The minimum atomic E-state index is -0.857. The Balaban J connectivity index is 2.10. The molecule has 0 spiro atoms. The zero-order valence-corrected chi connectivity index (χ0v) is 13.0. The van der Waals surface area contributed by atoms with Crippen LogP contribution in [0, 0.1) is 11.8 Å². The lowest BCUT2D eigenvalue weighted by molar-refractivity contribution is -0.147. The molecule has 3 atom stereocenters. The summed E-state index contributed by atoms with van der Waals surface area (Å²) in [6, 6.07) is 7.79. The van der Waals surface area contributed by atoms with Crippen molar-refractivity contribution in [1.82, 2.24) is 5.32 Å². The molecule has 2 rings (SSSR count). The van der Waals surface area contributed by atoms with E-state index in [-0.39, 0.29) is 18.4 Å². The summed E-state index contributed by atoms with van der Waals surface area (Å²) in [5.41, 5.74) is 0.453. The number of amides is 1. The summed E-state index contributed by atoms with van der Waals surface area (Å²) < 4.78 is 5.05. The van der Waals surface area contributed by atoms with Gasteiger partial charge in [0.05, 0.1) is 12.5 Å². The van der Waals surface area contributed by atoms with Gasteiger partial charge in [-0.15, -0.1) is 0 Å². The predicted octanol–water partition coefficient (Wildman–Crippen LogP) is 1.85. The van der Waals surface area contributed by atoms with Crippen molar-refractivity contribution in [3.8, 4) is 0 Å². The highest BCUT2D eigenvalue weighted by molar-refractivity contribution is 5.96. The van der Waals surface area contributed by atoms with E-state index in [1.807, 2.05) is 0 Å². The van der Waals surface area contributed by atoms with Gasteiger partial charge in [0.2, 0.25) is 0 Å². The second-order valence-electron chi connectivity index (χ2n) is 5.68. The average molecular weight is 319 g/mol. The molecule has 1 aromatic carbocycles. The predicted molar refractivity (Wildman–Crippen MR) is 82.8 cm³/mol. The Labute approximate surface area is 134 Å². The van der Waals surface area contributed by atoms with Crippen LogP contribution in [-0.2, 0) is 14.3 Å². The number of carboxylic acid groups (broad SMARTS) is 1. The van der Waals surface area contributed by atoms with Gasteiger partial charge in [0.15, 0.2) is 0 Å². The highest BCUT2D eigenvalue weighted by Gasteiger charge is 2.39. The molecule has 23 heavy (non-hydrogen) atoms. The molecule has 0 heterocycles. The molecule has 1 aliphatic carbocycles. The van der Waals surface area contributed by atoms with Gasteiger partial charge in [0.1, 0.15) is 6.04 Å². The van der Waals surface area contributed by atoms with Crippen LogP contribution in [0.5, 0.6) is 0 Å². The van der Waals surface area contributed by atoms with Crippen LogP contribution in [-0.4, -0.2) is 35.6 Å². The summed E-state index contributed by atoms with van der Waals surface area (Å²) in [5.74, 6) is -2.41. The van der Waals surface area contributed by atoms with Crippen molar-refractivity contribution >= 4 is 17.8 Å². The quantitative estimate of drug-likeness (QED) is 0.781. The van der Waals surface area contributed by atoms with Crippen LogP contribution in [0.15, 0.2) is 30.3 Å². The Morgan fingerprint density at radius 3 is 2.52 bits per heavy atom. The Bertz CT molecular complexity index is 572. The number of nitrogens with one attached hydrogen (secondary N) is 1. The van der Waals surface area contributed by atoms with Gasteiger partial charge in [0.25, 0.3) is 5.91 Å². The first-order chi connectivity index (χ1) is 11.0. The van der Waals surface area contributed by atoms with Gasteiger partial charge in [-0.2, -0.15) is 0 Å². The Hall–Kier alpha value is -2.37. The summed E-state index contributed by atoms with van der Waals surface area (Å²) in [5, 5.41) is 11.8. The molecule has 0 radical (unpaired) electrons. The Morgan fingerprint density at radius 2 is 1.96 bits per heavy atom. The maximum absolute atomic E-state index is 12.3. The summed E-state index contributed by atoms with van der Waals surface area (Å²) in [6.07, 6.45) is 1.46. The number of carbonyl (C=O) groups excluding carboxylic acids is 2. The number of ether oxygens (including phenoxy) is 1. The lowest BCUT2D eigenvalue weighted by atomic mass is 9.96. The maximum Gasteiger partial charge on any atom is 0.328 e. The molecule has 0 saturated heterocycles. The fourth-order valence-electron chi connectivity index (χ4n) is 2.96. The lowest BCUT2D eigenvalue weighted by Gasteiger charge is -2.23. The van der Waals surface area contributed by atoms with Crippen molar-refractivity contribution in [2.45, 2.75) is 32.2 Å². The number of aliphatic carboxylic acids is 1. The molecule has 0 aromatic heterocycles. The van der Waals surface area contributed by atoms with Gasteiger partial charge in [-0.25, -0.2) is 4.79 Å². The molecule has 1 fully saturated rings. The fraction of sp³-hybridized carbons (Fsp3) is 0.471. The normalized spacial score (nSPS) is 21.4. The number of hydrogen-bond donors (Lipinski definition) is 2. The summed E-state index contributed by atoms with van der Waals surface area (Å²) >= 11 is 0. The molecule has 0 aliphatic heterocycles. The number of carboxylic acids is 1. The first kappa shape index (κ1) is 17.0. The Morgan fingerprint density at radius 1 is 1.26 bits per heavy atom. The fourth-order valence-corrected chi connectivity index (χ4v) is 2.96. The van der Waals surface area contributed by atoms with Gasteiger partial charge < -0.3 is 15.2 Å². The van der Waals surface area contributed by atoms with Crippen LogP contribution in [0.25, 0.3) is 0 Å². The van der Waals surface area contributed by atoms with Crippen molar-refractivity contribution < 1.29 is 24.2 Å². The molecule has 2 N–H and O–H groups in total. The molecule has 1 amide bonds. The zero-order chi connectivity index (χ0) is 16.8. The molecule has 0 unspecified atom stereocenters. The molecule has 1 aromatic rings. The second kappa shape index (κ2) is 7.76. The third-order valence-electron chi connectivity index (χ3n) is 4.16. The largest absolute Gasteiger partial charge is 0.481 e. The van der Waals surface area contributed by atoms with E-state index in [0.717, 1.165) is 0 Å². The standard InChI is InChI=1S/C17H21NO5/c1-2-23-17(22)14(12-8-9-13(10-12)16(20)21)18-15(19)11-6-4-3-5-7-11/h3-7,12-14H,2,8-10H2,1H3,(H,18,19)(H,20,21)/t12-,13+,14+/m0/s1. The van der Waals surface area contributed by atoms with Crippen LogP contribution in [0.1, 0.15) is 36.5 Å². The van der Waals surface area contributed by atoms with Crippen molar-refractivity contribution in [3.63, 3.8) is 0 Å². The van der Waals surface area contributed by atoms with Crippen molar-refractivity contribution in [1.29, 1.82) is 0 Å². The molecular weight excluding hydrogens is 298 g/mol. The summed E-state index contributed by atoms with van der Waals surface area (Å²) in [7, 11) is 0. The number of esters is 1. The SMILES string of the molecule is CCOC(=O)[C@H](NC(=O)c1ccccc1)[C@H]1CC[C@@H](C(=O)O)C1. The first-order valence-corrected chi connectivity index (χ1v) is 7.78. The van der Waals surface area contributed by atoms with Crippen molar-refractivity contribution in [3.05, 3.63) is 35.9 Å². The molecule has 6 heteroatoms. The molecular formula is C17H21NO5. The molecule has 124 valence electrons. The molecule has 1 saturated carbocycles. The van der Waals surface area contributed by atoms with Crippen molar-refractivity contribution in [2.24, 2.45) is 11.8 Å². The van der Waals surface area contributed by atoms with E-state index in [9.17, 15) is 14.4 Å². The van der Waals surface area contributed by atoms with E-state index in [1.165, 1.54) is 0 Å². The third-order valence-corrected chi connectivity index (χ3v) is 4.16. The van der Waals surface area contributed by atoms with Gasteiger partial charge in [-0.3, -0.25) is 9.59 Å². The first-order valence-electron chi connectivity index (χ1n) is 7.78. The van der Waals surface area contributed by atoms with E-state index in [1.54, 1.807) is 37.3 Å². The van der Waals surface area contributed by atoms with E-state index < -0.39 is 23.9 Å². The van der Waals surface area contributed by atoms with Gasteiger partial charge in [0, 0.05) is 5.56 Å². The number of benzene rings is 1. The van der Waals surface area contributed by atoms with Crippen LogP contribution >= 0.6 is 0 Å².